The van der Waals surface area contributed by atoms with E-state index in [1.807, 2.05) is 12.1 Å². The van der Waals surface area contributed by atoms with Crippen molar-refractivity contribution in [3.63, 3.8) is 0 Å². The van der Waals surface area contributed by atoms with E-state index >= 15 is 0 Å². The normalized spacial score (nSPS) is 16.3. The lowest BCUT2D eigenvalue weighted by molar-refractivity contribution is 0.242. The summed E-state index contributed by atoms with van der Waals surface area (Å²) in [7, 11) is 0. The topological polar surface area (TPSA) is 90.9 Å². The second kappa shape index (κ2) is 9.51. The average molecular weight is 442 g/mol. The molecule has 3 aromatic rings. The molecule has 0 spiro atoms. The van der Waals surface area contributed by atoms with E-state index in [0.717, 1.165) is 68.3 Å². The van der Waals surface area contributed by atoms with Crippen LogP contribution >= 0.6 is 0 Å². The number of fused-ring (bicyclic) bond motifs is 1. The van der Waals surface area contributed by atoms with E-state index in [0.29, 0.717) is 12.1 Å². The van der Waals surface area contributed by atoms with E-state index in [1.54, 1.807) is 29.2 Å². The minimum atomic E-state index is -0.0941. The highest BCUT2D eigenvalue weighted by molar-refractivity contribution is 5.57. The van der Waals surface area contributed by atoms with Crippen LogP contribution < -0.4 is 10.5 Å². The zero-order valence-corrected chi connectivity index (χ0v) is 18.7. The highest BCUT2D eigenvalue weighted by atomic mass is 16.1. The molecule has 1 fully saturated rings. The largest absolute Gasteiger partial charge is 0.353 e. The van der Waals surface area contributed by atoms with E-state index in [2.05, 4.69) is 32.0 Å². The van der Waals surface area contributed by atoms with Gasteiger partial charge in [-0.15, -0.1) is 0 Å². The third-order valence-corrected chi connectivity index (χ3v) is 6.54. The Hall–Kier alpha value is -3.57. The van der Waals surface area contributed by atoms with Crippen molar-refractivity contribution in [3.8, 4) is 17.3 Å². The standard InChI is InChI=1S/C25H27N7O/c26-18-21-17-20-3-1-2-4-22(20)28-25(21)31-14-11-30(12-15-31)13-16-32-24(33)6-5-23(29-32)19-7-9-27-10-8-19/h5-10,17H,1-4,11-16H2. The number of aromatic nitrogens is 4. The highest BCUT2D eigenvalue weighted by Crippen LogP contribution is 2.27. The Balaban J connectivity index is 1.22. The molecule has 33 heavy (non-hydrogen) atoms. The number of aryl methyl sites for hydroxylation is 2. The predicted molar refractivity (Wildman–Crippen MR) is 126 cm³/mol. The van der Waals surface area contributed by atoms with Gasteiger partial charge in [0, 0.05) is 62.4 Å². The van der Waals surface area contributed by atoms with Crippen molar-refractivity contribution >= 4 is 5.82 Å². The first-order valence-corrected chi connectivity index (χ1v) is 11.6. The first-order chi connectivity index (χ1) is 16.2. The van der Waals surface area contributed by atoms with Crippen molar-refractivity contribution in [1.82, 2.24) is 24.6 Å². The number of anilines is 1. The van der Waals surface area contributed by atoms with Crippen LogP contribution in [0.4, 0.5) is 5.82 Å². The van der Waals surface area contributed by atoms with E-state index in [4.69, 9.17) is 4.98 Å². The van der Waals surface area contributed by atoms with Gasteiger partial charge >= 0.3 is 0 Å². The maximum atomic E-state index is 12.3. The number of piperazine rings is 1. The lowest BCUT2D eigenvalue weighted by Gasteiger charge is -2.36. The number of pyridine rings is 2. The summed E-state index contributed by atoms with van der Waals surface area (Å²) in [6.07, 6.45) is 7.84. The summed E-state index contributed by atoms with van der Waals surface area (Å²) >= 11 is 0. The van der Waals surface area contributed by atoms with Gasteiger partial charge in [0.25, 0.3) is 5.56 Å². The number of hydrogen-bond acceptors (Lipinski definition) is 7. The zero-order chi connectivity index (χ0) is 22.6. The molecule has 8 heteroatoms. The minimum absolute atomic E-state index is 0.0941. The molecular formula is C25H27N7O. The van der Waals surface area contributed by atoms with E-state index < -0.39 is 0 Å². The van der Waals surface area contributed by atoms with Crippen LogP contribution in [0.5, 0.6) is 0 Å². The van der Waals surface area contributed by atoms with Crippen LogP contribution in [0.15, 0.2) is 47.5 Å². The molecule has 0 unspecified atom stereocenters. The highest BCUT2D eigenvalue weighted by Gasteiger charge is 2.23. The summed E-state index contributed by atoms with van der Waals surface area (Å²) in [6.45, 7) is 4.66. The van der Waals surface area contributed by atoms with Gasteiger partial charge in [0.15, 0.2) is 0 Å². The number of nitrogens with zero attached hydrogens (tertiary/aromatic N) is 7. The second-order valence-electron chi connectivity index (χ2n) is 8.63. The van der Waals surface area contributed by atoms with Crippen molar-refractivity contribution in [2.75, 3.05) is 37.6 Å². The number of hydrogen-bond donors (Lipinski definition) is 0. The van der Waals surface area contributed by atoms with E-state index in [-0.39, 0.29) is 5.56 Å². The Morgan fingerprint density at radius 3 is 2.55 bits per heavy atom. The summed E-state index contributed by atoms with van der Waals surface area (Å²) in [5.74, 6) is 0.834. The van der Waals surface area contributed by atoms with Crippen LogP contribution in [0.3, 0.4) is 0 Å². The Morgan fingerprint density at radius 2 is 1.76 bits per heavy atom. The fraction of sp³-hybridized carbons (Fsp3) is 0.400. The van der Waals surface area contributed by atoms with Crippen molar-refractivity contribution in [3.05, 3.63) is 69.9 Å². The lowest BCUT2D eigenvalue weighted by atomic mass is 9.95. The molecule has 1 aliphatic heterocycles. The smallest absolute Gasteiger partial charge is 0.266 e. The summed E-state index contributed by atoms with van der Waals surface area (Å²) in [6, 6.07) is 11.5. The van der Waals surface area contributed by atoms with Gasteiger partial charge in [-0.05, 0) is 55.5 Å². The van der Waals surface area contributed by atoms with Crippen molar-refractivity contribution in [2.24, 2.45) is 0 Å². The first-order valence-electron chi connectivity index (χ1n) is 11.6. The minimum Gasteiger partial charge on any atom is -0.353 e. The zero-order valence-electron chi connectivity index (χ0n) is 18.7. The van der Waals surface area contributed by atoms with Gasteiger partial charge in [-0.25, -0.2) is 9.67 Å². The van der Waals surface area contributed by atoms with Gasteiger partial charge in [0.05, 0.1) is 17.8 Å². The third-order valence-electron chi connectivity index (χ3n) is 6.54. The molecule has 5 rings (SSSR count). The van der Waals surface area contributed by atoms with Crippen LogP contribution in [0, 0.1) is 11.3 Å². The van der Waals surface area contributed by atoms with Crippen molar-refractivity contribution < 1.29 is 0 Å². The first kappa shape index (κ1) is 21.3. The SMILES string of the molecule is N#Cc1cc2c(nc1N1CCN(CCn3nc(-c4ccncc4)ccc3=O)CC1)CCCC2. The molecule has 0 amide bonds. The maximum Gasteiger partial charge on any atom is 0.266 e. The van der Waals surface area contributed by atoms with E-state index in [1.165, 1.54) is 18.4 Å². The fourth-order valence-electron chi connectivity index (χ4n) is 4.65. The summed E-state index contributed by atoms with van der Waals surface area (Å²) in [5.41, 5.74) is 4.71. The summed E-state index contributed by atoms with van der Waals surface area (Å²) < 4.78 is 1.54. The lowest BCUT2D eigenvalue weighted by Crippen LogP contribution is -2.48. The quantitative estimate of drug-likeness (QED) is 0.600. The van der Waals surface area contributed by atoms with Gasteiger partial charge in [0.2, 0.25) is 0 Å². The summed E-state index contributed by atoms with van der Waals surface area (Å²) in [4.78, 5) is 25.8. The fourth-order valence-corrected chi connectivity index (χ4v) is 4.65. The molecule has 2 aliphatic rings. The number of nitriles is 1. The van der Waals surface area contributed by atoms with Gasteiger partial charge < -0.3 is 4.90 Å². The molecule has 0 N–H and O–H groups in total. The molecule has 168 valence electrons. The Morgan fingerprint density at radius 1 is 0.970 bits per heavy atom. The number of rotatable bonds is 5. The van der Waals surface area contributed by atoms with Crippen LogP contribution in [-0.2, 0) is 19.4 Å². The second-order valence-corrected chi connectivity index (χ2v) is 8.63. The van der Waals surface area contributed by atoms with Gasteiger partial charge in [-0.2, -0.15) is 10.4 Å². The molecule has 0 atom stereocenters. The average Bonchev–Trinajstić information content (AvgIpc) is 2.88. The Labute approximate surface area is 193 Å². The van der Waals surface area contributed by atoms with Gasteiger partial charge in [-0.3, -0.25) is 14.7 Å². The van der Waals surface area contributed by atoms with Crippen LogP contribution in [0.2, 0.25) is 0 Å². The molecule has 0 saturated carbocycles. The Bertz CT molecular complexity index is 1220. The molecular weight excluding hydrogens is 414 g/mol. The van der Waals surface area contributed by atoms with Crippen molar-refractivity contribution in [2.45, 2.75) is 32.2 Å². The molecule has 8 nitrogen and oxygen atoms in total. The monoisotopic (exact) mass is 441 g/mol. The van der Waals surface area contributed by atoms with Crippen LogP contribution in [0.25, 0.3) is 11.3 Å². The molecule has 1 saturated heterocycles. The predicted octanol–water partition coefficient (Wildman–Crippen LogP) is 2.27. The third kappa shape index (κ3) is 4.64. The molecule has 3 aromatic heterocycles. The van der Waals surface area contributed by atoms with Crippen LogP contribution in [-0.4, -0.2) is 57.4 Å². The summed E-state index contributed by atoms with van der Waals surface area (Å²) in [5, 5.41) is 14.2. The molecule has 1 aliphatic carbocycles. The molecule has 0 aromatic carbocycles. The van der Waals surface area contributed by atoms with Crippen molar-refractivity contribution in [1.29, 1.82) is 5.26 Å². The Kier molecular flexibility index (Phi) is 6.13. The van der Waals surface area contributed by atoms with Gasteiger partial charge in [-0.1, -0.05) is 0 Å². The molecule has 4 heterocycles. The molecule has 0 bridgehead atoms. The van der Waals surface area contributed by atoms with Crippen LogP contribution in [0.1, 0.15) is 29.7 Å². The van der Waals surface area contributed by atoms with Gasteiger partial charge in [0.1, 0.15) is 11.9 Å². The maximum absolute atomic E-state index is 12.3. The molecule has 0 radical (unpaired) electrons. The van der Waals surface area contributed by atoms with E-state index in [9.17, 15) is 10.1 Å².